The normalized spacial score (nSPS) is 20.9. The number of pyridine rings is 1. The first-order valence-electron chi connectivity index (χ1n) is 6.03. The Hall–Kier alpha value is -2.29. The fourth-order valence-corrected chi connectivity index (χ4v) is 2.41. The predicted octanol–water partition coefficient (Wildman–Crippen LogP) is 2.74. The van der Waals surface area contributed by atoms with Gasteiger partial charge in [0.25, 0.3) is 0 Å². The van der Waals surface area contributed by atoms with Gasteiger partial charge in [-0.1, -0.05) is 0 Å². The lowest BCUT2D eigenvalue weighted by Crippen LogP contribution is -2.15. The summed E-state index contributed by atoms with van der Waals surface area (Å²) >= 11 is 0. The molecule has 0 spiro atoms. The zero-order valence-electron chi connectivity index (χ0n) is 10.5. The van der Waals surface area contributed by atoms with E-state index in [1.165, 1.54) is 17.7 Å². The van der Waals surface area contributed by atoms with Gasteiger partial charge in [-0.2, -0.15) is 5.26 Å². The predicted molar refractivity (Wildman–Crippen MR) is 66.1 cm³/mol. The molecule has 1 fully saturated rings. The molecular formula is C14H9F3N2O. The molecule has 0 radical (unpaired) electrons. The van der Waals surface area contributed by atoms with Crippen LogP contribution in [0, 0.1) is 29.9 Å². The van der Waals surface area contributed by atoms with Crippen molar-refractivity contribution in [2.45, 2.75) is 25.6 Å². The third-order valence-corrected chi connectivity index (χ3v) is 3.54. The zero-order valence-corrected chi connectivity index (χ0v) is 10.5. The van der Waals surface area contributed by atoms with Gasteiger partial charge >= 0.3 is 0 Å². The van der Waals surface area contributed by atoms with E-state index in [-0.39, 0.29) is 17.3 Å². The lowest BCUT2D eigenvalue weighted by Gasteiger charge is -2.13. The lowest BCUT2D eigenvalue weighted by molar-refractivity contribution is 0.443. The van der Waals surface area contributed by atoms with Crippen LogP contribution in [0.1, 0.15) is 23.6 Å². The molecule has 1 saturated carbocycles. The Balaban J connectivity index is 2.52. The molecule has 2 aromatic rings. The quantitative estimate of drug-likeness (QED) is 0.805. The maximum Gasteiger partial charge on any atom is 0.192 e. The number of nitrogens with zero attached hydrogens (tertiary/aromatic N) is 2. The summed E-state index contributed by atoms with van der Waals surface area (Å²) in [6.07, 6.45) is 0.536. The molecule has 1 aromatic heterocycles. The fraction of sp³-hybridized carbons (Fsp3) is 0.286. The van der Waals surface area contributed by atoms with E-state index < -0.39 is 34.8 Å². The monoisotopic (exact) mass is 278 g/mol. The van der Waals surface area contributed by atoms with Crippen molar-refractivity contribution in [3.05, 3.63) is 45.2 Å². The van der Waals surface area contributed by atoms with Crippen LogP contribution in [0.15, 0.2) is 17.1 Å². The Morgan fingerprint density at radius 1 is 1.45 bits per heavy atom. The summed E-state index contributed by atoms with van der Waals surface area (Å²) < 4.78 is 41.9. The summed E-state index contributed by atoms with van der Waals surface area (Å²) in [4.78, 5) is 12.0. The van der Waals surface area contributed by atoms with Gasteiger partial charge in [-0.3, -0.25) is 4.79 Å². The molecule has 102 valence electrons. The Kier molecular flexibility index (Phi) is 2.61. The van der Waals surface area contributed by atoms with Crippen molar-refractivity contribution in [2.24, 2.45) is 0 Å². The summed E-state index contributed by atoms with van der Waals surface area (Å²) in [5, 5.41) is 8.93. The molecule has 3 nitrogen and oxygen atoms in total. The van der Waals surface area contributed by atoms with Crippen LogP contribution >= 0.6 is 0 Å². The van der Waals surface area contributed by atoms with Gasteiger partial charge < -0.3 is 4.57 Å². The SMILES string of the molecule is Cc1cn([C@@H]2C[C@@H]2F)c2c(C#N)c(F)c(F)cc2c1=O. The molecule has 0 saturated heterocycles. The minimum atomic E-state index is -1.31. The van der Waals surface area contributed by atoms with E-state index in [4.69, 9.17) is 5.26 Å². The van der Waals surface area contributed by atoms with Gasteiger partial charge in [0, 0.05) is 18.2 Å². The zero-order chi connectivity index (χ0) is 14.6. The maximum atomic E-state index is 13.7. The van der Waals surface area contributed by atoms with Crippen molar-refractivity contribution in [3.63, 3.8) is 0 Å². The van der Waals surface area contributed by atoms with E-state index in [1.54, 1.807) is 6.07 Å². The van der Waals surface area contributed by atoms with Crippen molar-refractivity contribution in [1.82, 2.24) is 4.57 Å². The van der Waals surface area contributed by atoms with Crippen molar-refractivity contribution in [1.29, 1.82) is 5.26 Å². The molecule has 0 amide bonds. The van der Waals surface area contributed by atoms with Gasteiger partial charge in [-0.25, -0.2) is 13.2 Å². The maximum absolute atomic E-state index is 13.7. The van der Waals surface area contributed by atoms with Gasteiger partial charge in [0.2, 0.25) is 0 Å². The Bertz CT molecular complexity index is 835. The van der Waals surface area contributed by atoms with Crippen molar-refractivity contribution in [3.8, 4) is 6.07 Å². The standard InChI is InChI=1S/C14H9F3N2O/c1-6-5-19(11-3-9(11)15)13-7(14(6)20)2-10(16)12(17)8(13)4-18/h2,5,9,11H,3H2,1H3/t9-,11+/m0/s1. The highest BCUT2D eigenvalue weighted by atomic mass is 19.2. The van der Waals surface area contributed by atoms with E-state index >= 15 is 0 Å². The van der Waals surface area contributed by atoms with Gasteiger partial charge in [0.05, 0.1) is 16.9 Å². The van der Waals surface area contributed by atoms with Crippen LogP contribution < -0.4 is 5.43 Å². The second-order valence-electron chi connectivity index (χ2n) is 4.92. The number of hydrogen-bond donors (Lipinski definition) is 0. The number of fused-ring (bicyclic) bond motifs is 1. The first kappa shape index (κ1) is 12.7. The largest absolute Gasteiger partial charge is 0.340 e. The van der Waals surface area contributed by atoms with Crippen LogP contribution in [-0.4, -0.2) is 10.7 Å². The topological polar surface area (TPSA) is 45.8 Å². The Labute approximate surface area is 111 Å². The summed E-state index contributed by atoms with van der Waals surface area (Å²) in [5.41, 5.74) is -0.780. The smallest absolute Gasteiger partial charge is 0.192 e. The lowest BCUT2D eigenvalue weighted by atomic mass is 10.1. The molecule has 1 aliphatic rings. The molecule has 2 atom stereocenters. The molecule has 20 heavy (non-hydrogen) atoms. The van der Waals surface area contributed by atoms with Gasteiger partial charge in [0.1, 0.15) is 17.8 Å². The van der Waals surface area contributed by atoms with Crippen LogP contribution in [0.3, 0.4) is 0 Å². The van der Waals surface area contributed by atoms with E-state index in [1.807, 2.05) is 0 Å². The fourth-order valence-electron chi connectivity index (χ4n) is 2.41. The molecule has 0 aliphatic heterocycles. The molecule has 0 N–H and O–H groups in total. The number of halogens is 3. The average molecular weight is 278 g/mol. The van der Waals surface area contributed by atoms with Crippen LogP contribution in [-0.2, 0) is 0 Å². The van der Waals surface area contributed by atoms with E-state index in [0.29, 0.717) is 5.56 Å². The second kappa shape index (κ2) is 4.10. The van der Waals surface area contributed by atoms with Gasteiger partial charge in [0.15, 0.2) is 17.1 Å². The van der Waals surface area contributed by atoms with E-state index in [0.717, 1.165) is 6.07 Å². The molecule has 1 aromatic carbocycles. The Morgan fingerprint density at radius 2 is 2.10 bits per heavy atom. The molecule has 6 heteroatoms. The number of hydrogen-bond acceptors (Lipinski definition) is 2. The van der Waals surface area contributed by atoms with Gasteiger partial charge in [-0.05, 0) is 13.0 Å². The summed E-state index contributed by atoms with van der Waals surface area (Å²) in [5.74, 6) is -2.57. The van der Waals surface area contributed by atoms with Gasteiger partial charge in [-0.15, -0.1) is 0 Å². The molecule has 1 heterocycles. The second-order valence-corrected chi connectivity index (χ2v) is 4.92. The summed E-state index contributed by atoms with van der Waals surface area (Å²) in [7, 11) is 0. The van der Waals surface area contributed by atoms with Crippen LogP contribution in [0.5, 0.6) is 0 Å². The number of rotatable bonds is 1. The van der Waals surface area contributed by atoms with Crippen LogP contribution in [0.2, 0.25) is 0 Å². The van der Waals surface area contributed by atoms with E-state index in [2.05, 4.69) is 0 Å². The molecule has 0 bridgehead atoms. The number of alkyl halides is 1. The molecular weight excluding hydrogens is 269 g/mol. The first-order valence-corrected chi connectivity index (χ1v) is 6.03. The molecule has 1 aliphatic carbocycles. The molecule has 3 rings (SSSR count). The first-order chi connectivity index (χ1) is 9.45. The third-order valence-electron chi connectivity index (χ3n) is 3.54. The van der Waals surface area contributed by atoms with Crippen molar-refractivity contribution in [2.75, 3.05) is 0 Å². The summed E-state index contributed by atoms with van der Waals surface area (Å²) in [6.45, 7) is 1.52. The number of benzene rings is 1. The highest BCUT2D eigenvalue weighted by Gasteiger charge is 2.40. The molecule has 0 unspecified atom stereocenters. The van der Waals surface area contributed by atoms with Crippen LogP contribution in [0.25, 0.3) is 10.9 Å². The number of aromatic nitrogens is 1. The summed E-state index contributed by atoms with van der Waals surface area (Å²) in [6, 6.07) is 1.80. The van der Waals surface area contributed by atoms with Crippen molar-refractivity contribution >= 4 is 10.9 Å². The highest BCUT2D eigenvalue weighted by Crippen LogP contribution is 2.41. The van der Waals surface area contributed by atoms with E-state index in [9.17, 15) is 18.0 Å². The number of nitriles is 1. The van der Waals surface area contributed by atoms with Crippen molar-refractivity contribution < 1.29 is 13.2 Å². The minimum absolute atomic E-state index is 0.0350. The Morgan fingerprint density at radius 3 is 2.65 bits per heavy atom. The minimum Gasteiger partial charge on any atom is -0.340 e. The van der Waals surface area contributed by atoms with Crippen LogP contribution in [0.4, 0.5) is 13.2 Å². The highest BCUT2D eigenvalue weighted by molar-refractivity contribution is 5.85. The number of aryl methyl sites for hydroxylation is 1. The average Bonchev–Trinajstić information content (AvgIpc) is 3.13. The third kappa shape index (κ3) is 1.63.